The Morgan fingerprint density at radius 3 is 2.85 bits per heavy atom. The number of aryl methyl sites for hydroxylation is 1. The Morgan fingerprint density at radius 1 is 1.15 bits per heavy atom. The molecule has 0 bridgehead atoms. The lowest BCUT2D eigenvalue weighted by atomic mass is 10.2. The first kappa shape index (κ1) is 16.6. The lowest BCUT2D eigenvalue weighted by Crippen LogP contribution is -2.17. The van der Waals surface area contributed by atoms with E-state index in [1.807, 2.05) is 37.3 Å². The summed E-state index contributed by atoms with van der Waals surface area (Å²) in [5.41, 5.74) is 4.68. The van der Waals surface area contributed by atoms with Gasteiger partial charge in [-0.15, -0.1) is 0 Å². The SMILES string of the molecule is Cc1ccc(NC(=O)c2ccnc(N3CCc4ccccc43)c2)cc1Cl. The second-order valence-electron chi connectivity index (χ2n) is 6.35. The maximum atomic E-state index is 12.6. The minimum Gasteiger partial charge on any atom is -0.326 e. The van der Waals surface area contributed by atoms with Crippen molar-refractivity contribution in [3.8, 4) is 0 Å². The lowest BCUT2D eigenvalue weighted by Gasteiger charge is -2.18. The van der Waals surface area contributed by atoms with E-state index < -0.39 is 0 Å². The summed E-state index contributed by atoms with van der Waals surface area (Å²) < 4.78 is 0. The zero-order valence-corrected chi connectivity index (χ0v) is 15.1. The van der Waals surface area contributed by atoms with Crippen LogP contribution in [0.4, 0.5) is 17.2 Å². The van der Waals surface area contributed by atoms with Crippen molar-refractivity contribution >= 4 is 34.7 Å². The van der Waals surface area contributed by atoms with Crippen LogP contribution in [0.2, 0.25) is 5.02 Å². The maximum Gasteiger partial charge on any atom is 0.255 e. The van der Waals surface area contributed by atoms with Crippen LogP contribution >= 0.6 is 11.6 Å². The molecule has 4 nitrogen and oxygen atoms in total. The van der Waals surface area contributed by atoms with E-state index in [4.69, 9.17) is 11.6 Å². The Morgan fingerprint density at radius 2 is 2.00 bits per heavy atom. The fraction of sp³-hybridized carbons (Fsp3) is 0.143. The Balaban J connectivity index is 1.58. The van der Waals surface area contributed by atoms with Crippen LogP contribution in [-0.4, -0.2) is 17.4 Å². The third kappa shape index (κ3) is 3.16. The number of carbonyl (C=O) groups is 1. The standard InChI is InChI=1S/C21H18ClN3O/c1-14-6-7-17(13-18(14)22)24-21(26)16-8-10-23-20(12-16)25-11-9-15-4-2-3-5-19(15)25/h2-8,10,12-13H,9,11H2,1H3,(H,24,26). The molecule has 1 amide bonds. The summed E-state index contributed by atoms with van der Waals surface area (Å²) in [6.07, 6.45) is 2.66. The molecule has 2 aromatic carbocycles. The Kier molecular flexibility index (Phi) is 4.35. The number of nitrogens with one attached hydrogen (secondary N) is 1. The molecule has 1 aliphatic heterocycles. The van der Waals surface area contributed by atoms with Gasteiger partial charge >= 0.3 is 0 Å². The van der Waals surface area contributed by atoms with E-state index in [2.05, 4.69) is 27.3 Å². The van der Waals surface area contributed by atoms with E-state index in [-0.39, 0.29) is 5.91 Å². The molecule has 0 atom stereocenters. The molecule has 5 heteroatoms. The molecule has 0 unspecified atom stereocenters. The first-order valence-corrected chi connectivity index (χ1v) is 8.88. The molecule has 0 aliphatic carbocycles. The Labute approximate surface area is 157 Å². The van der Waals surface area contributed by atoms with E-state index in [1.54, 1.807) is 18.3 Å². The number of anilines is 3. The number of pyridine rings is 1. The highest BCUT2D eigenvalue weighted by Crippen LogP contribution is 2.33. The molecule has 0 spiro atoms. The number of carbonyl (C=O) groups excluding carboxylic acids is 1. The normalized spacial score (nSPS) is 12.8. The number of amides is 1. The molecule has 2 heterocycles. The molecule has 4 rings (SSSR count). The van der Waals surface area contributed by atoms with Gasteiger partial charge in [-0.2, -0.15) is 0 Å². The van der Waals surface area contributed by atoms with Crippen molar-refractivity contribution in [2.45, 2.75) is 13.3 Å². The molecule has 1 N–H and O–H groups in total. The summed E-state index contributed by atoms with van der Waals surface area (Å²) in [6.45, 7) is 2.79. The highest BCUT2D eigenvalue weighted by atomic mass is 35.5. The fourth-order valence-corrected chi connectivity index (χ4v) is 3.34. The highest BCUT2D eigenvalue weighted by molar-refractivity contribution is 6.31. The van der Waals surface area contributed by atoms with Gasteiger partial charge < -0.3 is 10.2 Å². The van der Waals surface area contributed by atoms with Gasteiger partial charge in [0, 0.05) is 34.7 Å². The average molecular weight is 364 g/mol. The van der Waals surface area contributed by atoms with Crippen molar-refractivity contribution in [1.29, 1.82) is 0 Å². The predicted octanol–water partition coefficient (Wildman–Crippen LogP) is 4.99. The molecule has 1 aliphatic rings. The van der Waals surface area contributed by atoms with Crippen molar-refractivity contribution in [2.24, 2.45) is 0 Å². The fourth-order valence-electron chi connectivity index (χ4n) is 3.16. The van der Waals surface area contributed by atoms with Crippen LogP contribution in [0.25, 0.3) is 0 Å². The van der Waals surface area contributed by atoms with Gasteiger partial charge in [0.1, 0.15) is 5.82 Å². The van der Waals surface area contributed by atoms with Crippen LogP contribution < -0.4 is 10.2 Å². The lowest BCUT2D eigenvalue weighted by molar-refractivity contribution is 0.102. The van der Waals surface area contributed by atoms with Gasteiger partial charge in [-0.05, 0) is 54.8 Å². The zero-order valence-electron chi connectivity index (χ0n) is 14.4. The smallest absolute Gasteiger partial charge is 0.255 e. The van der Waals surface area contributed by atoms with Gasteiger partial charge in [-0.1, -0.05) is 35.9 Å². The van der Waals surface area contributed by atoms with Crippen LogP contribution in [0.5, 0.6) is 0 Å². The van der Waals surface area contributed by atoms with Gasteiger partial charge in [0.25, 0.3) is 5.91 Å². The first-order valence-electron chi connectivity index (χ1n) is 8.51. The van der Waals surface area contributed by atoms with E-state index in [0.717, 1.165) is 30.0 Å². The summed E-state index contributed by atoms with van der Waals surface area (Å²) >= 11 is 6.13. The van der Waals surface area contributed by atoms with Crippen molar-refractivity contribution in [3.05, 3.63) is 82.5 Å². The maximum absolute atomic E-state index is 12.6. The van der Waals surface area contributed by atoms with Crippen molar-refractivity contribution in [3.63, 3.8) is 0 Å². The summed E-state index contributed by atoms with van der Waals surface area (Å²) in [4.78, 5) is 19.2. The topological polar surface area (TPSA) is 45.2 Å². The average Bonchev–Trinajstić information content (AvgIpc) is 3.09. The van der Waals surface area contributed by atoms with E-state index >= 15 is 0 Å². The quantitative estimate of drug-likeness (QED) is 0.713. The molecule has 0 saturated heterocycles. The summed E-state index contributed by atoms with van der Waals surface area (Å²) in [5.74, 6) is 0.602. The molecular weight excluding hydrogens is 346 g/mol. The van der Waals surface area contributed by atoms with E-state index in [9.17, 15) is 4.79 Å². The van der Waals surface area contributed by atoms with Crippen LogP contribution in [0.3, 0.4) is 0 Å². The number of nitrogens with zero attached hydrogens (tertiary/aromatic N) is 2. The van der Waals surface area contributed by atoms with Crippen molar-refractivity contribution < 1.29 is 4.79 Å². The number of benzene rings is 2. The number of fused-ring (bicyclic) bond motifs is 1. The molecule has 1 aromatic heterocycles. The Bertz CT molecular complexity index is 986. The van der Waals surface area contributed by atoms with Gasteiger partial charge in [0.15, 0.2) is 0 Å². The summed E-state index contributed by atoms with van der Waals surface area (Å²) in [7, 11) is 0. The van der Waals surface area contributed by atoms with E-state index in [0.29, 0.717) is 16.3 Å². The van der Waals surface area contributed by atoms with Gasteiger partial charge in [-0.3, -0.25) is 4.79 Å². The van der Waals surface area contributed by atoms with Gasteiger partial charge in [-0.25, -0.2) is 4.98 Å². The number of aromatic nitrogens is 1. The molecule has 0 fully saturated rings. The third-order valence-corrected chi connectivity index (χ3v) is 5.01. The number of rotatable bonds is 3. The highest BCUT2D eigenvalue weighted by Gasteiger charge is 2.21. The van der Waals surface area contributed by atoms with Crippen LogP contribution in [0.1, 0.15) is 21.5 Å². The number of hydrogen-bond donors (Lipinski definition) is 1. The first-order chi connectivity index (χ1) is 12.6. The monoisotopic (exact) mass is 363 g/mol. The van der Waals surface area contributed by atoms with Gasteiger partial charge in [0.2, 0.25) is 0 Å². The van der Waals surface area contributed by atoms with Gasteiger partial charge in [0.05, 0.1) is 0 Å². The number of hydrogen-bond acceptors (Lipinski definition) is 3. The van der Waals surface area contributed by atoms with Crippen LogP contribution in [-0.2, 0) is 6.42 Å². The minimum absolute atomic E-state index is 0.180. The minimum atomic E-state index is -0.180. The van der Waals surface area contributed by atoms with Crippen LogP contribution in [0, 0.1) is 6.92 Å². The van der Waals surface area contributed by atoms with E-state index in [1.165, 1.54) is 5.56 Å². The van der Waals surface area contributed by atoms with Crippen molar-refractivity contribution in [2.75, 3.05) is 16.8 Å². The molecule has 0 radical (unpaired) electrons. The molecule has 3 aromatic rings. The summed E-state index contributed by atoms with van der Waals surface area (Å²) in [6, 6.07) is 17.3. The zero-order chi connectivity index (χ0) is 18.1. The second kappa shape index (κ2) is 6.81. The Hall–Kier alpha value is -2.85. The number of halogens is 1. The molecular formula is C21H18ClN3O. The third-order valence-electron chi connectivity index (χ3n) is 4.60. The second-order valence-corrected chi connectivity index (χ2v) is 6.76. The predicted molar refractivity (Wildman–Crippen MR) is 106 cm³/mol. The largest absolute Gasteiger partial charge is 0.326 e. The molecule has 0 saturated carbocycles. The van der Waals surface area contributed by atoms with Crippen molar-refractivity contribution in [1.82, 2.24) is 4.98 Å². The number of para-hydroxylation sites is 1. The summed E-state index contributed by atoms with van der Waals surface area (Å²) in [5, 5.41) is 3.52. The molecule has 130 valence electrons. The molecule has 26 heavy (non-hydrogen) atoms. The van der Waals surface area contributed by atoms with Crippen LogP contribution in [0.15, 0.2) is 60.8 Å².